The second-order valence-electron chi connectivity index (χ2n) is 3.50. The van der Waals surface area contributed by atoms with Crippen LogP contribution < -0.4 is 0 Å². The zero-order valence-corrected chi connectivity index (χ0v) is 11.7. The normalized spacial score (nSPS) is 12.6. The Morgan fingerprint density at radius 2 is 2.11 bits per heavy atom. The Morgan fingerprint density at radius 1 is 1.33 bits per heavy atom. The molecule has 0 saturated carbocycles. The van der Waals surface area contributed by atoms with Crippen molar-refractivity contribution >= 4 is 27.7 Å². The van der Waals surface area contributed by atoms with Gasteiger partial charge in [0.2, 0.25) is 5.89 Å². The number of rotatable bonds is 5. The van der Waals surface area contributed by atoms with Crippen LogP contribution in [0.25, 0.3) is 11.5 Å². The molecule has 0 fully saturated rings. The lowest BCUT2D eigenvalue weighted by molar-refractivity contribution is 0.113. The zero-order chi connectivity index (χ0) is 13.0. The highest BCUT2D eigenvalue weighted by atomic mass is 79.9. The molecule has 0 amide bonds. The van der Waals surface area contributed by atoms with E-state index in [-0.39, 0.29) is 6.61 Å². The first-order valence-electron chi connectivity index (χ1n) is 5.21. The van der Waals surface area contributed by atoms with Gasteiger partial charge in [-0.15, -0.1) is 10.2 Å². The molecule has 2 N–H and O–H groups in total. The fourth-order valence-electron chi connectivity index (χ4n) is 1.23. The maximum atomic E-state index is 9.22. The quantitative estimate of drug-likeness (QED) is 0.815. The summed E-state index contributed by atoms with van der Waals surface area (Å²) in [5, 5.41) is 26.1. The van der Waals surface area contributed by atoms with Gasteiger partial charge in [0, 0.05) is 10.2 Å². The summed E-state index contributed by atoms with van der Waals surface area (Å²) in [5.74, 6) is 0.733. The fourth-order valence-corrected chi connectivity index (χ4v) is 2.36. The van der Waals surface area contributed by atoms with Gasteiger partial charge in [-0.3, -0.25) is 0 Å². The highest BCUT2D eigenvalue weighted by Gasteiger charge is 2.12. The van der Waals surface area contributed by atoms with Gasteiger partial charge in [0.25, 0.3) is 5.22 Å². The van der Waals surface area contributed by atoms with Crippen LogP contribution in [-0.4, -0.2) is 38.9 Å². The zero-order valence-electron chi connectivity index (χ0n) is 9.28. The summed E-state index contributed by atoms with van der Waals surface area (Å²) in [4.78, 5) is 0. The van der Waals surface area contributed by atoms with Crippen LogP contribution in [0.4, 0.5) is 0 Å². The highest BCUT2D eigenvalue weighted by Crippen LogP contribution is 2.28. The van der Waals surface area contributed by atoms with Crippen LogP contribution in [0.1, 0.15) is 0 Å². The van der Waals surface area contributed by atoms with Gasteiger partial charge >= 0.3 is 0 Å². The summed E-state index contributed by atoms with van der Waals surface area (Å²) in [6, 6.07) is 7.54. The third-order valence-electron chi connectivity index (χ3n) is 2.12. The van der Waals surface area contributed by atoms with Crippen molar-refractivity contribution < 1.29 is 14.6 Å². The van der Waals surface area contributed by atoms with E-state index in [9.17, 15) is 5.11 Å². The summed E-state index contributed by atoms with van der Waals surface area (Å²) in [6.45, 7) is -0.280. The molecule has 1 atom stereocenters. The molecule has 1 unspecified atom stereocenters. The highest BCUT2D eigenvalue weighted by molar-refractivity contribution is 9.10. The lowest BCUT2D eigenvalue weighted by Gasteiger charge is -2.02. The Hall–Kier alpha value is -0.890. The molecular formula is C11H11BrN2O3S. The van der Waals surface area contributed by atoms with E-state index in [4.69, 9.17) is 9.52 Å². The number of nitrogens with zero attached hydrogens (tertiary/aromatic N) is 2. The average molecular weight is 331 g/mol. The molecule has 0 aliphatic rings. The number of aromatic nitrogens is 2. The van der Waals surface area contributed by atoms with Gasteiger partial charge < -0.3 is 14.6 Å². The van der Waals surface area contributed by atoms with Crippen LogP contribution >= 0.6 is 27.7 Å². The van der Waals surface area contributed by atoms with Crippen LogP contribution in [0.15, 0.2) is 38.4 Å². The average Bonchev–Trinajstić information content (AvgIpc) is 2.85. The van der Waals surface area contributed by atoms with Crippen LogP contribution in [0, 0.1) is 0 Å². The summed E-state index contributed by atoms with van der Waals surface area (Å²) in [5.41, 5.74) is 0.819. The molecule has 7 heteroatoms. The van der Waals surface area contributed by atoms with Gasteiger partial charge in [-0.25, -0.2) is 0 Å². The Bertz CT molecular complexity index is 520. The summed E-state index contributed by atoms with van der Waals surface area (Å²) in [6.07, 6.45) is -0.784. The standard InChI is InChI=1S/C11H11BrN2O3S/c12-9-4-2-1-3-8(9)10-13-14-11(17-10)18-6-7(16)5-15/h1-4,7,15-16H,5-6H2. The number of hydrogen-bond donors (Lipinski definition) is 2. The third-order valence-corrected chi connectivity index (χ3v) is 3.78. The number of hydrogen-bond acceptors (Lipinski definition) is 6. The first kappa shape index (κ1) is 13.5. The number of thioether (sulfide) groups is 1. The van der Waals surface area contributed by atoms with E-state index in [1.54, 1.807) is 0 Å². The SMILES string of the molecule is OCC(O)CSc1nnc(-c2ccccc2Br)o1. The molecule has 1 heterocycles. The predicted octanol–water partition coefficient (Wildman–Crippen LogP) is 1.94. The molecule has 0 radical (unpaired) electrons. The molecule has 0 aliphatic heterocycles. The maximum absolute atomic E-state index is 9.22. The number of aliphatic hydroxyl groups is 2. The Morgan fingerprint density at radius 3 is 2.83 bits per heavy atom. The van der Waals surface area contributed by atoms with E-state index in [0.717, 1.165) is 10.0 Å². The van der Waals surface area contributed by atoms with E-state index in [2.05, 4.69) is 26.1 Å². The van der Waals surface area contributed by atoms with Crippen molar-refractivity contribution in [2.24, 2.45) is 0 Å². The van der Waals surface area contributed by atoms with E-state index >= 15 is 0 Å². The van der Waals surface area contributed by atoms with E-state index in [1.165, 1.54) is 11.8 Å². The lowest BCUT2D eigenvalue weighted by atomic mass is 10.2. The van der Waals surface area contributed by atoms with Crippen LogP contribution in [0.3, 0.4) is 0 Å². The van der Waals surface area contributed by atoms with Gasteiger partial charge in [0.05, 0.1) is 18.3 Å². The van der Waals surface area contributed by atoms with E-state index in [0.29, 0.717) is 16.9 Å². The summed E-state index contributed by atoms with van der Waals surface area (Å²) < 4.78 is 6.34. The minimum atomic E-state index is -0.784. The minimum Gasteiger partial charge on any atom is -0.411 e. The smallest absolute Gasteiger partial charge is 0.276 e. The van der Waals surface area contributed by atoms with Crippen molar-refractivity contribution in [3.63, 3.8) is 0 Å². The Balaban J connectivity index is 2.09. The van der Waals surface area contributed by atoms with Gasteiger partial charge in [-0.05, 0) is 28.1 Å². The number of halogens is 1. The molecule has 0 spiro atoms. The van der Waals surface area contributed by atoms with Crippen LogP contribution in [0.2, 0.25) is 0 Å². The van der Waals surface area contributed by atoms with Crippen molar-refractivity contribution in [1.29, 1.82) is 0 Å². The second kappa shape index (κ2) is 6.33. The molecule has 0 bridgehead atoms. The van der Waals surface area contributed by atoms with Crippen molar-refractivity contribution in [2.45, 2.75) is 11.3 Å². The summed E-state index contributed by atoms with van der Waals surface area (Å²) >= 11 is 4.62. The van der Waals surface area contributed by atoms with Crippen molar-refractivity contribution in [3.8, 4) is 11.5 Å². The van der Waals surface area contributed by atoms with Gasteiger partial charge in [0.15, 0.2) is 0 Å². The van der Waals surface area contributed by atoms with Gasteiger partial charge in [0.1, 0.15) is 0 Å². The maximum Gasteiger partial charge on any atom is 0.276 e. The van der Waals surface area contributed by atoms with Gasteiger partial charge in [-0.1, -0.05) is 23.9 Å². The number of benzene rings is 1. The third kappa shape index (κ3) is 3.32. The van der Waals surface area contributed by atoms with Crippen molar-refractivity contribution in [1.82, 2.24) is 10.2 Å². The van der Waals surface area contributed by atoms with Crippen molar-refractivity contribution in [3.05, 3.63) is 28.7 Å². The molecule has 0 aliphatic carbocycles. The number of aliphatic hydroxyl groups excluding tert-OH is 2. The van der Waals surface area contributed by atoms with Gasteiger partial charge in [-0.2, -0.15) is 0 Å². The van der Waals surface area contributed by atoms with Crippen LogP contribution in [0.5, 0.6) is 0 Å². The molecule has 1 aromatic carbocycles. The Labute approximate surface area is 116 Å². The molecule has 0 saturated heterocycles. The molecule has 18 heavy (non-hydrogen) atoms. The molecule has 2 aromatic rings. The monoisotopic (exact) mass is 330 g/mol. The molecule has 96 valence electrons. The lowest BCUT2D eigenvalue weighted by Crippen LogP contribution is -2.14. The van der Waals surface area contributed by atoms with E-state index < -0.39 is 6.10 Å². The molecule has 1 aromatic heterocycles. The first-order valence-corrected chi connectivity index (χ1v) is 6.98. The fraction of sp³-hybridized carbons (Fsp3) is 0.273. The van der Waals surface area contributed by atoms with Crippen molar-refractivity contribution in [2.75, 3.05) is 12.4 Å². The first-order chi connectivity index (χ1) is 8.70. The minimum absolute atomic E-state index is 0.280. The topological polar surface area (TPSA) is 79.4 Å². The largest absolute Gasteiger partial charge is 0.411 e. The predicted molar refractivity (Wildman–Crippen MR) is 71.3 cm³/mol. The van der Waals surface area contributed by atoms with E-state index in [1.807, 2.05) is 24.3 Å². The molecular weight excluding hydrogens is 320 g/mol. The second-order valence-corrected chi connectivity index (χ2v) is 5.33. The Kier molecular flexibility index (Phi) is 4.76. The molecule has 5 nitrogen and oxygen atoms in total. The molecule has 2 rings (SSSR count). The van der Waals surface area contributed by atoms with Crippen LogP contribution in [-0.2, 0) is 0 Å². The summed E-state index contributed by atoms with van der Waals surface area (Å²) in [7, 11) is 0.